The summed E-state index contributed by atoms with van der Waals surface area (Å²) in [6.07, 6.45) is 2.66. The Bertz CT molecular complexity index is 251. The second-order valence-electron chi connectivity index (χ2n) is 2.30. The van der Waals surface area contributed by atoms with E-state index in [1.807, 2.05) is 6.08 Å². The van der Waals surface area contributed by atoms with Gasteiger partial charge < -0.3 is 4.74 Å². The fourth-order valence-electron chi connectivity index (χ4n) is 0.734. The fourth-order valence-corrected chi connectivity index (χ4v) is 0.851. The van der Waals surface area contributed by atoms with Crippen LogP contribution in [0.1, 0.15) is 6.42 Å². The van der Waals surface area contributed by atoms with E-state index in [2.05, 4.69) is 26.3 Å². The van der Waals surface area contributed by atoms with E-state index < -0.39 is 0 Å². The molecule has 0 atom stereocenters. The van der Waals surface area contributed by atoms with Gasteiger partial charge in [0, 0.05) is 5.75 Å². The van der Waals surface area contributed by atoms with E-state index in [0.717, 1.165) is 12.2 Å². The maximum absolute atomic E-state index is 5.67. The quantitative estimate of drug-likeness (QED) is 0.352. The van der Waals surface area contributed by atoms with Crippen LogP contribution >= 0.6 is 25.2 Å². The molecule has 1 nitrogen and oxygen atoms in total. The first-order chi connectivity index (χ1) is 6.83. The molecule has 14 heavy (non-hydrogen) atoms. The summed E-state index contributed by atoms with van der Waals surface area (Å²) < 4.78 is 5.32. The molecule has 1 aromatic carbocycles. The van der Waals surface area contributed by atoms with Crippen molar-refractivity contribution in [3.8, 4) is 5.75 Å². The summed E-state index contributed by atoms with van der Waals surface area (Å²) in [5.41, 5.74) is 0. The summed E-state index contributed by atoms with van der Waals surface area (Å²) in [4.78, 5) is 0. The molecule has 72 valence electrons. The van der Waals surface area contributed by atoms with Gasteiger partial charge in [-0.05, 0) is 6.42 Å². The molecule has 0 aliphatic carbocycles. The number of halogens is 2. The molecule has 1 rings (SSSR count). The van der Waals surface area contributed by atoms with Crippen LogP contribution in [0.25, 0.3) is 0 Å². The van der Waals surface area contributed by atoms with Crippen molar-refractivity contribution >= 4 is 25.2 Å². The van der Waals surface area contributed by atoms with E-state index in [0.29, 0.717) is 11.6 Å². The molecular weight excluding hydrogens is 317 g/mol. The number of rotatable bonds is 4. The molecule has 0 unspecified atom stereocenters. The Hall–Kier alpha value is 0.153. The maximum atomic E-state index is 5.67. The van der Waals surface area contributed by atoms with Crippen molar-refractivity contribution < 1.29 is 21.1 Å². The molecule has 0 aliphatic rings. The van der Waals surface area contributed by atoms with Gasteiger partial charge in [0.25, 0.3) is 0 Å². The summed E-state index contributed by atoms with van der Waals surface area (Å²) in [5.74, 6) is 0.723. The van der Waals surface area contributed by atoms with Crippen LogP contribution in [0.5, 0.6) is 5.75 Å². The van der Waals surface area contributed by atoms with E-state index >= 15 is 0 Å². The Kier molecular flexibility index (Phi) is 9.80. The van der Waals surface area contributed by atoms with Crippen LogP contribution in [-0.2, 0) is 16.3 Å². The first-order valence-corrected chi connectivity index (χ1v) is 11.3. The van der Waals surface area contributed by atoms with Crippen molar-refractivity contribution in [3.63, 3.8) is 0 Å². The monoisotopic (exact) mass is 324 g/mol. The van der Waals surface area contributed by atoms with Crippen molar-refractivity contribution in [3.05, 3.63) is 41.9 Å². The normalized spacial score (nSPS) is 8.57. The van der Waals surface area contributed by atoms with Crippen molar-refractivity contribution in [2.75, 3.05) is 6.61 Å². The van der Waals surface area contributed by atoms with Crippen LogP contribution in [-0.4, -0.2) is 6.61 Å². The van der Waals surface area contributed by atoms with Gasteiger partial charge in [0.15, 0.2) is 0 Å². The molecule has 4 heteroatoms. The van der Waals surface area contributed by atoms with Crippen molar-refractivity contribution in [1.29, 1.82) is 0 Å². The average molecular weight is 327 g/mol. The predicted octanol–water partition coefficient (Wildman–Crippen LogP) is 3.94. The zero-order valence-electron chi connectivity index (χ0n) is 7.80. The first-order valence-electron chi connectivity index (χ1n) is 4.00. The standard InChI is InChI=1S/C10H10ClO.BrH.Zn/c1-2-3-8-12-10-6-4-9(11)5-7-10;;/h2,4-6H,1,3,8H2;1H;/q-1;;+2/p-1. The molecule has 0 radical (unpaired) electrons. The summed E-state index contributed by atoms with van der Waals surface area (Å²) in [7, 11) is 0. The van der Waals surface area contributed by atoms with Gasteiger partial charge in [0.2, 0.25) is 0 Å². The summed E-state index contributed by atoms with van der Waals surface area (Å²) >= 11 is 9.92. The number of benzene rings is 1. The van der Waals surface area contributed by atoms with Gasteiger partial charge in [-0.1, -0.05) is 11.1 Å². The molecule has 0 saturated carbocycles. The van der Waals surface area contributed by atoms with Gasteiger partial charge in [-0.3, -0.25) is 0 Å². The van der Waals surface area contributed by atoms with Gasteiger partial charge in [-0.15, -0.1) is 18.7 Å². The number of hydrogen-bond acceptors (Lipinski definition) is 1. The summed E-state index contributed by atoms with van der Waals surface area (Å²) in [5, 5.41) is 0.672. The SMILES string of the molecule is C=CCCOc1[c-]cc(Cl)cc1.[Zn+][Br]. The third-order valence-corrected chi connectivity index (χ3v) is 1.56. The molecule has 0 saturated heterocycles. The van der Waals surface area contributed by atoms with E-state index in [1.54, 1.807) is 18.2 Å². The zero-order chi connectivity index (χ0) is 10.8. The van der Waals surface area contributed by atoms with Crippen LogP contribution in [0.4, 0.5) is 0 Å². The fraction of sp³-hybridized carbons (Fsp3) is 0.200. The van der Waals surface area contributed by atoms with Crippen molar-refractivity contribution in [2.24, 2.45) is 0 Å². The van der Waals surface area contributed by atoms with E-state index in [4.69, 9.17) is 16.3 Å². The minimum atomic E-state index is 0.641. The molecular formula is C10H10BrClOZn. The molecule has 0 aliphatic heterocycles. The molecule has 0 bridgehead atoms. The molecule has 0 N–H and O–H groups in total. The second-order valence-corrected chi connectivity index (χ2v) is 2.73. The Labute approximate surface area is 107 Å². The Morgan fingerprint density at radius 3 is 2.79 bits per heavy atom. The van der Waals surface area contributed by atoms with E-state index in [9.17, 15) is 0 Å². The molecule has 0 spiro atoms. The molecule has 0 aromatic heterocycles. The van der Waals surface area contributed by atoms with E-state index in [1.165, 1.54) is 16.3 Å². The number of hydrogen-bond donors (Lipinski definition) is 0. The molecule has 0 amide bonds. The topological polar surface area (TPSA) is 9.23 Å². The first kappa shape index (κ1) is 14.2. The summed E-state index contributed by atoms with van der Waals surface area (Å²) in [6.45, 7) is 4.24. The number of ether oxygens (including phenoxy) is 1. The minimum absolute atomic E-state index is 0.641. The summed E-state index contributed by atoms with van der Waals surface area (Å²) in [6, 6.07) is 8.17. The zero-order valence-corrected chi connectivity index (χ0v) is 13.1. The van der Waals surface area contributed by atoms with Gasteiger partial charge in [0.05, 0.1) is 6.61 Å². The van der Waals surface area contributed by atoms with E-state index in [-0.39, 0.29) is 0 Å². The molecule has 0 fully saturated rings. The van der Waals surface area contributed by atoms with Crippen LogP contribution in [0.2, 0.25) is 5.02 Å². The van der Waals surface area contributed by atoms with Gasteiger partial charge >= 0.3 is 30.0 Å². The molecule has 1 aromatic rings. The second kappa shape index (κ2) is 9.70. The molecule has 0 heterocycles. The third kappa shape index (κ3) is 6.58. The Morgan fingerprint density at radius 1 is 1.57 bits per heavy atom. The van der Waals surface area contributed by atoms with Gasteiger partial charge in [-0.2, -0.15) is 23.7 Å². The Balaban J connectivity index is 0.000000791. The van der Waals surface area contributed by atoms with Crippen LogP contribution in [0, 0.1) is 6.07 Å². The van der Waals surface area contributed by atoms with Crippen LogP contribution in [0.15, 0.2) is 30.9 Å². The Morgan fingerprint density at radius 2 is 2.29 bits per heavy atom. The van der Waals surface area contributed by atoms with Gasteiger partial charge in [0.1, 0.15) is 0 Å². The van der Waals surface area contributed by atoms with Crippen LogP contribution in [0.3, 0.4) is 0 Å². The third-order valence-electron chi connectivity index (χ3n) is 1.33. The van der Waals surface area contributed by atoms with Gasteiger partial charge in [-0.25, -0.2) is 0 Å². The van der Waals surface area contributed by atoms with Crippen molar-refractivity contribution in [1.82, 2.24) is 0 Å². The van der Waals surface area contributed by atoms with Crippen molar-refractivity contribution in [2.45, 2.75) is 6.42 Å². The van der Waals surface area contributed by atoms with Crippen LogP contribution < -0.4 is 4.74 Å². The predicted molar refractivity (Wildman–Crippen MR) is 59.5 cm³/mol. The average Bonchev–Trinajstić information content (AvgIpc) is 2.24.